The highest BCUT2D eigenvalue weighted by atomic mass is 19.1. The third-order valence-electron chi connectivity index (χ3n) is 4.11. The number of carbonyl (C=O) groups is 1. The van der Waals surface area contributed by atoms with Crippen LogP contribution in [0.5, 0.6) is 0 Å². The SMILES string of the molecule is C[C@H](OC(=O)c1ccccc1-c1ccccc1C#N)c1ccc(F)cc1. The van der Waals surface area contributed by atoms with Crippen LogP contribution in [0.25, 0.3) is 11.1 Å². The summed E-state index contributed by atoms with van der Waals surface area (Å²) in [5.41, 5.74) is 2.89. The number of hydrogen-bond acceptors (Lipinski definition) is 3. The van der Waals surface area contributed by atoms with Gasteiger partial charge in [0.1, 0.15) is 11.9 Å². The number of nitriles is 1. The van der Waals surface area contributed by atoms with Crippen LogP contribution in [0.2, 0.25) is 0 Å². The summed E-state index contributed by atoms with van der Waals surface area (Å²) in [5.74, 6) is -0.837. The summed E-state index contributed by atoms with van der Waals surface area (Å²) in [6.45, 7) is 1.73. The van der Waals surface area contributed by atoms with Crippen molar-refractivity contribution in [3.05, 3.63) is 95.3 Å². The molecule has 0 amide bonds. The van der Waals surface area contributed by atoms with Gasteiger partial charge in [-0.05, 0) is 42.3 Å². The summed E-state index contributed by atoms with van der Waals surface area (Å²) < 4.78 is 18.6. The molecule has 3 rings (SSSR count). The van der Waals surface area contributed by atoms with E-state index in [0.717, 1.165) is 0 Å². The molecular formula is C22H16FNO2. The average molecular weight is 345 g/mol. The molecule has 0 aliphatic rings. The van der Waals surface area contributed by atoms with E-state index >= 15 is 0 Å². The minimum Gasteiger partial charge on any atom is -0.454 e. The lowest BCUT2D eigenvalue weighted by Crippen LogP contribution is -2.10. The average Bonchev–Trinajstić information content (AvgIpc) is 2.68. The van der Waals surface area contributed by atoms with Gasteiger partial charge in [-0.1, -0.05) is 48.5 Å². The van der Waals surface area contributed by atoms with Crippen LogP contribution in [0.1, 0.15) is 34.5 Å². The fourth-order valence-corrected chi connectivity index (χ4v) is 2.74. The number of ether oxygens (including phenoxy) is 1. The highest BCUT2D eigenvalue weighted by Crippen LogP contribution is 2.28. The van der Waals surface area contributed by atoms with Gasteiger partial charge in [0.05, 0.1) is 17.2 Å². The molecule has 0 N–H and O–H groups in total. The number of hydrogen-bond donors (Lipinski definition) is 0. The molecule has 128 valence electrons. The molecular weight excluding hydrogens is 329 g/mol. The highest BCUT2D eigenvalue weighted by Gasteiger charge is 2.19. The molecule has 0 unspecified atom stereocenters. The van der Waals surface area contributed by atoms with E-state index in [9.17, 15) is 14.4 Å². The molecule has 4 heteroatoms. The first-order chi connectivity index (χ1) is 12.6. The van der Waals surface area contributed by atoms with Gasteiger partial charge in [-0.2, -0.15) is 5.26 Å². The largest absolute Gasteiger partial charge is 0.454 e. The summed E-state index contributed by atoms with van der Waals surface area (Å²) in [4.78, 5) is 12.7. The fraction of sp³-hybridized carbons (Fsp3) is 0.0909. The summed E-state index contributed by atoms with van der Waals surface area (Å²) in [6.07, 6.45) is -0.526. The molecule has 3 aromatic carbocycles. The summed E-state index contributed by atoms with van der Waals surface area (Å²) in [5, 5.41) is 9.33. The Kier molecular flexibility index (Phi) is 5.09. The van der Waals surface area contributed by atoms with E-state index in [2.05, 4.69) is 6.07 Å². The molecule has 0 saturated carbocycles. The molecule has 0 aromatic heterocycles. The monoisotopic (exact) mass is 345 g/mol. The van der Waals surface area contributed by atoms with Crippen LogP contribution in [-0.2, 0) is 4.74 Å². The van der Waals surface area contributed by atoms with Crippen LogP contribution in [-0.4, -0.2) is 5.97 Å². The molecule has 0 heterocycles. The molecule has 0 radical (unpaired) electrons. The van der Waals surface area contributed by atoms with E-state index in [1.54, 1.807) is 55.5 Å². The summed E-state index contributed by atoms with van der Waals surface area (Å²) in [6, 6.07) is 22.1. The number of halogens is 1. The van der Waals surface area contributed by atoms with Crippen molar-refractivity contribution in [3.63, 3.8) is 0 Å². The first kappa shape index (κ1) is 17.4. The van der Waals surface area contributed by atoms with E-state index in [1.165, 1.54) is 12.1 Å². The van der Waals surface area contributed by atoms with Gasteiger partial charge in [0.25, 0.3) is 0 Å². The minimum atomic E-state index is -0.526. The molecule has 0 bridgehead atoms. The normalized spacial score (nSPS) is 11.4. The molecule has 26 heavy (non-hydrogen) atoms. The van der Waals surface area contributed by atoms with Crippen molar-refractivity contribution in [1.82, 2.24) is 0 Å². The molecule has 0 spiro atoms. The standard InChI is InChI=1S/C22H16FNO2/c1-15(16-10-12-18(23)13-11-16)26-22(25)21-9-5-4-8-20(21)19-7-3-2-6-17(19)14-24/h2-13,15H,1H3/t15-/m0/s1. The van der Waals surface area contributed by atoms with E-state index in [-0.39, 0.29) is 5.82 Å². The van der Waals surface area contributed by atoms with Crippen molar-refractivity contribution in [2.45, 2.75) is 13.0 Å². The number of rotatable bonds is 4. The highest BCUT2D eigenvalue weighted by molar-refractivity contribution is 5.98. The fourth-order valence-electron chi connectivity index (χ4n) is 2.74. The van der Waals surface area contributed by atoms with Crippen LogP contribution < -0.4 is 0 Å². The quantitative estimate of drug-likeness (QED) is 0.604. The Labute approximate surface area is 151 Å². The zero-order valence-electron chi connectivity index (χ0n) is 14.1. The summed E-state index contributed by atoms with van der Waals surface area (Å²) in [7, 11) is 0. The first-order valence-electron chi connectivity index (χ1n) is 8.15. The van der Waals surface area contributed by atoms with E-state index in [1.807, 2.05) is 12.1 Å². The Hall–Kier alpha value is -3.45. The Morgan fingerprint density at radius 3 is 2.27 bits per heavy atom. The van der Waals surface area contributed by atoms with Gasteiger partial charge >= 0.3 is 5.97 Å². The number of carbonyl (C=O) groups excluding carboxylic acids is 1. The number of nitrogens with zero attached hydrogens (tertiary/aromatic N) is 1. The maximum absolute atomic E-state index is 13.1. The second-order valence-electron chi connectivity index (χ2n) is 5.80. The molecule has 0 aliphatic carbocycles. The molecule has 0 saturated heterocycles. The van der Waals surface area contributed by atoms with Crippen LogP contribution in [0.3, 0.4) is 0 Å². The smallest absolute Gasteiger partial charge is 0.339 e. The van der Waals surface area contributed by atoms with Gasteiger partial charge in [-0.25, -0.2) is 9.18 Å². The second-order valence-corrected chi connectivity index (χ2v) is 5.80. The lowest BCUT2D eigenvalue weighted by atomic mass is 9.96. The Morgan fingerprint density at radius 2 is 1.58 bits per heavy atom. The lowest BCUT2D eigenvalue weighted by molar-refractivity contribution is 0.0339. The predicted molar refractivity (Wildman–Crippen MR) is 96.8 cm³/mol. The van der Waals surface area contributed by atoms with Crippen molar-refractivity contribution in [2.75, 3.05) is 0 Å². The van der Waals surface area contributed by atoms with E-state index in [4.69, 9.17) is 4.74 Å². The van der Waals surface area contributed by atoms with Crippen molar-refractivity contribution in [1.29, 1.82) is 5.26 Å². The molecule has 3 aromatic rings. The predicted octanol–water partition coefficient (Wildman–Crippen LogP) is 5.28. The molecule has 0 aliphatic heterocycles. The van der Waals surface area contributed by atoms with Gasteiger partial charge in [0.2, 0.25) is 0 Å². The number of benzene rings is 3. The van der Waals surface area contributed by atoms with E-state index in [0.29, 0.717) is 27.8 Å². The van der Waals surface area contributed by atoms with Gasteiger partial charge < -0.3 is 4.74 Å². The molecule has 0 fully saturated rings. The van der Waals surface area contributed by atoms with Crippen LogP contribution >= 0.6 is 0 Å². The maximum Gasteiger partial charge on any atom is 0.339 e. The molecule has 1 atom stereocenters. The van der Waals surface area contributed by atoms with E-state index < -0.39 is 12.1 Å². The first-order valence-corrected chi connectivity index (χ1v) is 8.15. The topological polar surface area (TPSA) is 50.1 Å². The Bertz CT molecular complexity index is 974. The van der Waals surface area contributed by atoms with Gasteiger partial charge in [0, 0.05) is 5.56 Å². The van der Waals surface area contributed by atoms with Gasteiger partial charge in [-0.15, -0.1) is 0 Å². The minimum absolute atomic E-state index is 0.342. The van der Waals surface area contributed by atoms with Crippen molar-refractivity contribution >= 4 is 5.97 Å². The van der Waals surface area contributed by atoms with Crippen LogP contribution in [0.15, 0.2) is 72.8 Å². The van der Waals surface area contributed by atoms with Gasteiger partial charge in [0.15, 0.2) is 0 Å². The number of esters is 1. The Morgan fingerprint density at radius 1 is 0.962 bits per heavy atom. The van der Waals surface area contributed by atoms with Crippen molar-refractivity contribution in [2.24, 2.45) is 0 Å². The second kappa shape index (κ2) is 7.62. The van der Waals surface area contributed by atoms with Crippen molar-refractivity contribution in [3.8, 4) is 17.2 Å². The van der Waals surface area contributed by atoms with Crippen LogP contribution in [0, 0.1) is 17.1 Å². The third kappa shape index (κ3) is 3.62. The zero-order valence-corrected chi connectivity index (χ0v) is 14.1. The summed E-state index contributed by atoms with van der Waals surface area (Å²) >= 11 is 0. The lowest BCUT2D eigenvalue weighted by Gasteiger charge is -2.16. The van der Waals surface area contributed by atoms with Crippen LogP contribution in [0.4, 0.5) is 4.39 Å². The Balaban J connectivity index is 1.91. The van der Waals surface area contributed by atoms with Crippen molar-refractivity contribution < 1.29 is 13.9 Å². The molecule has 3 nitrogen and oxygen atoms in total. The van der Waals surface area contributed by atoms with Gasteiger partial charge in [-0.3, -0.25) is 0 Å². The third-order valence-corrected chi connectivity index (χ3v) is 4.11. The zero-order chi connectivity index (χ0) is 18.5. The maximum atomic E-state index is 13.1.